The number of anilines is 1. The Morgan fingerprint density at radius 3 is 2.21 bits per heavy atom. The van der Waals surface area contributed by atoms with Crippen molar-refractivity contribution in [2.45, 2.75) is 11.3 Å². The molecule has 0 bridgehead atoms. The number of amides is 1. The van der Waals surface area contributed by atoms with E-state index in [2.05, 4.69) is 5.32 Å². The van der Waals surface area contributed by atoms with Crippen LogP contribution in [0.15, 0.2) is 94.9 Å². The fourth-order valence-electron chi connectivity index (χ4n) is 3.74. The van der Waals surface area contributed by atoms with Gasteiger partial charge in [-0.15, -0.1) is 0 Å². The molecule has 0 fully saturated rings. The van der Waals surface area contributed by atoms with Crippen LogP contribution in [-0.2, 0) is 11.0 Å². The van der Waals surface area contributed by atoms with Crippen molar-refractivity contribution in [1.29, 1.82) is 0 Å². The van der Waals surface area contributed by atoms with Crippen LogP contribution < -0.4 is 10.9 Å². The highest BCUT2D eigenvalue weighted by molar-refractivity contribution is 7.99. The van der Waals surface area contributed by atoms with E-state index in [-0.39, 0.29) is 22.2 Å². The number of alkyl halides is 3. The number of hydrogen-bond donors (Lipinski definition) is 1. The molecule has 0 radical (unpaired) electrons. The van der Waals surface area contributed by atoms with Gasteiger partial charge >= 0.3 is 6.18 Å². The van der Waals surface area contributed by atoms with Gasteiger partial charge in [0.2, 0.25) is 5.91 Å². The van der Waals surface area contributed by atoms with Crippen molar-refractivity contribution in [2.24, 2.45) is 0 Å². The van der Waals surface area contributed by atoms with Gasteiger partial charge in [-0.1, -0.05) is 65.6 Å². The minimum atomic E-state index is -4.53. The van der Waals surface area contributed by atoms with Crippen LogP contribution in [-0.4, -0.2) is 25.8 Å². The number of nitrogens with zero attached hydrogens (tertiary/aromatic N) is 3. The number of nitrogens with one attached hydrogen (secondary N) is 1. The average Bonchev–Trinajstić information content (AvgIpc) is 3.24. The molecule has 5 rings (SSSR count). The Hall–Kier alpha value is -3.74. The molecular weight excluding hydrogens is 554 g/mol. The molecule has 0 saturated carbocycles. The molecule has 0 saturated heterocycles. The predicted molar refractivity (Wildman–Crippen MR) is 146 cm³/mol. The lowest BCUT2D eigenvalue weighted by Gasteiger charge is -2.13. The summed E-state index contributed by atoms with van der Waals surface area (Å²) in [4.78, 5) is 31.1. The van der Waals surface area contributed by atoms with Crippen LogP contribution in [0.5, 0.6) is 0 Å². The monoisotopic (exact) mass is 570 g/mol. The number of benzene rings is 3. The normalized spacial score (nSPS) is 11.6. The number of thiazole rings is 1. The van der Waals surface area contributed by atoms with Crippen LogP contribution in [0, 0.1) is 3.95 Å². The minimum Gasteiger partial charge on any atom is -0.325 e. The number of rotatable bonds is 6. The third-order valence-electron chi connectivity index (χ3n) is 5.41. The van der Waals surface area contributed by atoms with Gasteiger partial charge in [0.25, 0.3) is 5.56 Å². The Bertz CT molecular complexity index is 1750. The van der Waals surface area contributed by atoms with E-state index in [4.69, 9.17) is 17.2 Å². The third kappa shape index (κ3) is 5.28. The van der Waals surface area contributed by atoms with Crippen molar-refractivity contribution < 1.29 is 18.0 Å². The summed E-state index contributed by atoms with van der Waals surface area (Å²) < 4.78 is 43.0. The van der Waals surface area contributed by atoms with Crippen molar-refractivity contribution in [2.75, 3.05) is 11.1 Å². The lowest BCUT2D eigenvalue weighted by molar-refractivity contribution is -0.137. The second kappa shape index (κ2) is 10.6. The average molecular weight is 571 g/mol. The van der Waals surface area contributed by atoms with Gasteiger partial charge in [-0.25, -0.2) is 4.98 Å². The Balaban J connectivity index is 1.53. The van der Waals surface area contributed by atoms with Crippen molar-refractivity contribution in [3.05, 3.63) is 105 Å². The summed E-state index contributed by atoms with van der Waals surface area (Å²) in [6.07, 6.45) is -4.53. The van der Waals surface area contributed by atoms with Crippen LogP contribution in [0.25, 0.3) is 21.7 Å². The van der Waals surface area contributed by atoms with Gasteiger partial charge in [0.05, 0.1) is 17.0 Å². The number of para-hydroxylation sites is 2. The second-order valence-electron chi connectivity index (χ2n) is 7.98. The molecule has 0 aliphatic rings. The van der Waals surface area contributed by atoms with Crippen molar-refractivity contribution in [3.8, 4) is 11.4 Å². The number of carbonyl (C=O) groups excluding carboxylic acids is 1. The molecule has 3 aromatic carbocycles. The second-order valence-corrected chi connectivity index (χ2v) is 10.6. The Kier molecular flexibility index (Phi) is 7.19. The van der Waals surface area contributed by atoms with Gasteiger partial charge in [-0.2, -0.15) is 13.2 Å². The molecule has 12 heteroatoms. The summed E-state index contributed by atoms with van der Waals surface area (Å²) in [6.45, 7) is 0. The van der Waals surface area contributed by atoms with Crippen molar-refractivity contribution in [1.82, 2.24) is 14.1 Å². The van der Waals surface area contributed by atoms with E-state index >= 15 is 0 Å². The third-order valence-corrected chi connectivity index (χ3v) is 7.70. The molecule has 6 nitrogen and oxygen atoms in total. The van der Waals surface area contributed by atoms with Gasteiger partial charge in [0.1, 0.15) is 4.70 Å². The van der Waals surface area contributed by atoms with Crippen LogP contribution in [0.2, 0.25) is 0 Å². The van der Waals surface area contributed by atoms with E-state index in [1.807, 2.05) is 36.4 Å². The van der Waals surface area contributed by atoms with Gasteiger partial charge in [0.15, 0.2) is 14.8 Å². The first kappa shape index (κ1) is 25.9. The van der Waals surface area contributed by atoms with Gasteiger partial charge in [-0.3, -0.25) is 18.7 Å². The zero-order valence-corrected chi connectivity index (χ0v) is 21.8. The Morgan fingerprint density at radius 1 is 0.947 bits per heavy atom. The summed E-state index contributed by atoms with van der Waals surface area (Å²) in [5, 5.41) is 2.72. The molecule has 0 spiro atoms. The van der Waals surface area contributed by atoms with Crippen molar-refractivity contribution >= 4 is 57.3 Å². The van der Waals surface area contributed by atoms with Gasteiger partial charge in [0, 0.05) is 11.4 Å². The van der Waals surface area contributed by atoms with Crippen LogP contribution in [0.3, 0.4) is 0 Å². The summed E-state index contributed by atoms with van der Waals surface area (Å²) in [5.74, 6) is -0.745. The van der Waals surface area contributed by atoms with Gasteiger partial charge in [-0.05, 0) is 54.7 Å². The molecule has 0 aliphatic carbocycles. The highest BCUT2D eigenvalue weighted by Gasteiger charge is 2.30. The standard InChI is InChI=1S/C26H17F3N4O2S3/c27-26(28,29)16-8-7-9-17(14-16)30-20(34)15-37-24-31-22-21(23(35)33(24)19-12-5-2-6-13-19)38-25(36)32(22)18-10-3-1-4-11-18/h1-14H,15H2,(H,30,34). The minimum absolute atomic E-state index is 0.0183. The van der Waals surface area contributed by atoms with E-state index in [1.165, 1.54) is 16.7 Å². The van der Waals surface area contributed by atoms with E-state index in [0.717, 1.165) is 40.9 Å². The molecule has 1 amide bonds. The Morgan fingerprint density at radius 2 is 1.58 bits per heavy atom. The van der Waals surface area contributed by atoms with E-state index < -0.39 is 17.6 Å². The molecule has 38 heavy (non-hydrogen) atoms. The largest absolute Gasteiger partial charge is 0.416 e. The first-order valence-corrected chi connectivity index (χ1v) is 13.3. The number of halogens is 3. The molecule has 2 aromatic heterocycles. The maximum absolute atomic E-state index is 13.7. The maximum Gasteiger partial charge on any atom is 0.416 e. The summed E-state index contributed by atoms with van der Waals surface area (Å²) in [6, 6.07) is 22.5. The lowest BCUT2D eigenvalue weighted by Crippen LogP contribution is -2.22. The smallest absolute Gasteiger partial charge is 0.325 e. The zero-order chi connectivity index (χ0) is 26.9. The first-order valence-electron chi connectivity index (χ1n) is 11.1. The Labute approximate surface area is 227 Å². The predicted octanol–water partition coefficient (Wildman–Crippen LogP) is 6.72. The molecule has 192 valence electrons. The van der Waals surface area contributed by atoms with Crippen LogP contribution in [0.1, 0.15) is 5.56 Å². The van der Waals surface area contributed by atoms with E-state index in [0.29, 0.717) is 20.0 Å². The SMILES string of the molecule is O=C(CSc1nc2c(sc(=S)n2-c2ccccc2)c(=O)n1-c1ccccc1)Nc1cccc(C(F)(F)F)c1. The number of aromatic nitrogens is 3. The fraction of sp³-hybridized carbons (Fsp3) is 0.0769. The number of carbonyl (C=O) groups is 1. The fourth-order valence-corrected chi connectivity index (χ4v) is 5.85. The summed E-state index contributed by atoms with van der Waals surface area (Å²) in [5.41, 5.74) is 0.474. The first-order chi connectivity index (χ1) is 18.2. The van der Waals surface area contributed by atoms with E-state index in [9.17, 15) is 22.8 Å². The number of fused-ring (bicyclic) bond motifs is 1. The summed E-state index contributed by atoms with van der Waals surface area (Å²) in [7, 11) is 0. The highest BCUT2D eigenvalue weighted by atomic mass is 32.2. The van der Waals surface area contributed by atoms with Crippen LogP contribution in [0.4, 0.5) is 18.9 Å². The van der Waals surface area contributed by atoms with Gasteiger partial charge < -0.3 is 5.32 Å². The van der Waals surface area contributed by atoms with Crippen molar-refractivity contribution in [3.63, 3.8) is 0 Å². The van der Waals surface area contributed by atoms with Crippen LogP contribution >= 0.6 is 35.3 Å². The molecule has 2 heterocycles. The molecule has 0 aliphatic heterocycles. The molecule has 1 N–H and O–H groups in total. The topological polar surface area (TPSA) is 68.9 Å². The lowest BCUT2D eigenvalue weighted by atomic mass is 10.2. The highest BCUT2D eigenvalue weighted by Crippen LogP contribution is 2.31. The quantitative estimate of drug-likeness (QED) is 0.140. The van der Waals surface area contributed by atoms with E-state index in [1.54, 1.807) is 28.8 Å². The molecule has 5 aromatic rings. The molecule has 0 atom stereocenters. The maximum atomic E-state index is 13.7. The number of hydrogen-bond acceptors (Lipinski definition) is 6. The summed E-state index contributed by atoms with van der Waals surface area (Å²) >= 11 is 7.70. The molecule has 0 unspecified atom stereocenters. The zero-order valence-electron chi connectivity index (χ0n) is 19.3. The molecular formula is C26H17F3N4O2S3. The number of thioether (sulfide) groups is 1.